The maximum atomic E-state index is 12.3. The molecule has 1 atom stereocenters. The highest BCUT2D eigenvalue weighted by atomic mass is 35.5. The lowest BCUT2D eigenvalue weighted by atomic mass is 9.96. The summed E-state index contributed by atoms with van der Waals surface area (Å²) in [6.07, 6.45) is 3.42. The van der Waals surface area contributed by atoms with E-state index >= 15 is 0 Å². The summed E-state index contributed by atoms with van der Waals surface area (Å²) in [4.78, 5) is 7.55. The number of nitrogens with zero attached hydrogens (tertiary/aromatic N) is 3. The molecule has 1 saturated heterocycles. The van der Waals surface area contributed by atoms with E-state index in [9.17, 15) is 8.42 Å². The van der Waals surface area contributed by atoms with E-state index in [2.05, 4.69) is 23.8 Å². The van der Waals surface area contributed by atoms with Gasteiger partial charge in [-0.2, -0.15) is 4.31 Å². The highest BCUT2D eigenvalue weighted by molar-refractivity contribution is 7.89. The third-order valence-corrected chi connectivity index (χ3v) is 5.38. The molecule has 1 aromatic heterocycles. The molecule has 0 radical (unpaired) electrons. The van der Waals surface area contributed by atoms with Crippen molar-refractivity contribution < 1.29 is 8.42 Å². The molecule has 0 saturated carbocycles. The zero-order valence-electron chi connectivity index (χ0n) is 10.4. The topological polar surface area (TPSA) is 63.2 Å². The second-order valence-electron chi connectivity index (χ2n) is 4.84. The fraction of sp³-hybridized carbons (Fsp3) is 0.636. The molecular formula is C11H16ClN3O2S. The third-order valence-electron chi connectivity index (χ3n) is 3.36. The van der Waals surface area contributed by atoms with Gasteiger partial charge >= 0.3 is 0 Å². The minimum atomic E-state index is -3.47. The minimum Gasteiger partial charge on any atom is -0.225 e. The Morgan fingerprint density at radius 1 is 1.39 bits per heavy atom. The van der Waals surface area contributed by atoms with Crippen molar-refractivity contribution in [2.45, 2.75) is 25.2 Å². The van der Waals surface area contributed by atoms with Crippen LogP contribution in [0.1, 0.15) is 20.3 Å². The lowest BCUT2D eigenvalue weighted by molar-refractivity contribution is 0.388. The highest BCUT2D eigenvalue weighted by Crippen LogP contribution is 2.28. The van der Waals surface area contributed by atoms with Crippen LogP contribution >= 0.6 is 11.6 Å². The van der Waals surface area contributed by atoms with E-state index in [-0.39, 0.29) is 10.2 Å². The fourth-order valence-corrected chi connectivity index (χ4v) is 3.60. The molecule has 0 spiro atoms. The zero-order valence-corrected chi connectivity index (χ0v) is 11.9. The summed E-state index contributed by atoms with van der Waals surface area (Å²) in [6.45, 7) is 5.37. The van der Waals surface area contributed by atoms with Gasteiger partial charge in [0.05, 0.1) is 12.4 Å². The van der Waals surface area contributed by atoms with E-state index in [0.717, 1.165) is 6.42 Å². The van der Waals surface area contributed by atoms with E-state index in [0.29, 0.717) is 24.9 Å². The summed E-state index contributed by atoms with van der Waals surface area (Å²) in [5.74, 6) is 0.916. The van der Waals surface area contributed by atoms with E-state index in [1.807, 2.05) is 0 Å². The van der Waals surface area contributed by atoms with Gasteiger partial charge in [-0.1, -0.05) is 13.8 Å². The molecule has 1 unspecified atom stereocenters. The van der Waals surface area contributed by atoms with Gasteiger partial charge in [0.2, 0.25) is 15.3 Å². The summed E-state index contributed by atoms with van der Waals surface area (Å²) in [6, 6.07) is 0. The molecule has 2 heterocycles. The Morgan fingerprint density at radius 3 is 2.50 bits per heavy atom. The number of halogens is 1. The molecule has 1 aliphatic heterocycles. The van der Waals surface area contributed by atoms with Crippen molar-refractivity contribution in [1.29, 1.82) is 0 Å². The molecule has 1 fully saturated rings. The molecule has 2 rings (SSSR count). The van der Waals surface area contributed by atoms with Gasteiger partial charge in [0.15, 0.2) is 0 Å². The van der Waals surface area contributed by atoms with Gasteiger partial charge < -0.3 is 0 Å². The molecule has 100 valence electrons. The average molecular weight is 290 g/mol. The zero-order chi connectivity index (χ0) is 13.3. The average Bonchev–Trinajstić information content (AvgIpc) is 2.79. The molecule has 5 nitrogen and oxygen atoms in total. The largest absolute Gasteiger partial charge is 0.246 e. The number of aromatic nitrogens is 2. The van der Waals surface area contributed by atoms with E-state index in [1.165, 1.54) is 16.7 Å². The van der Waals surface area contributed by atoms with Gasteiger partial charge in [-0.15, -0.1) is 0 Å². The molecule has 0 aliphatic carbocycles. The maximum absolute atomic E-state index is 12.3. The summed E-state index contributed by atoms with van der Waals surface area (Å²) in [5.41, 5.74) is 0. The van der Waals surface area contributed by atoms with Crippen LogP contribution in [-0.2, 0) is 10.0 Å². The van der Waals surface area contributed by atoms with Crippen molar-refractivity contribution in [3.05, 3.63) is 17.7 Å². The standard InChI is InChI=1S/C11H16ClN3O2S/c1-8(2)9-3-4-15(7-9)18(16,17)10-5-13-11(12)14-6-10/h5-6,8-9H,3-4,7H2,1-2H3. The second kappa shape index (κ2) is 5.11. The van der Waals surface area contributed by atoms with Crippen LogP contribution in [-0.4, -0.2) is 35.8 Å². The van der Waals surface area contributed by atoms with E-state index in [1.54, 1.807) is 0 Å². The summed E-state index contributed by atoms with van der Waals surface area (Å²) < 4.78 is 26.1. The second-order valence-corrected chi connectivity index (χ2v) is 7.12. The van der Waals surface area contributed by atoms with Gasteiger partial charge in [0.25, 0.3) is 0 Å². The lowest BCUT2D eigenvalue weighted by Crippen LogP contribution is -2.29. The van der Waals surface area contributed by atoms with Crippen molar-refractivity contribution in [2.24, 2.45) is 11.8 Å². The van der Waals surface area contributed by atoms with Gasteiger partial charge in [-0.3, -0.25) is 0 Å². The highest BCUT2D eigenvalue weighted by Gasteiger charge is 2.33. The van der Waals surface area contributed by atoms with Gasteiger partial charge in [-0.05, 0) is 29.9 Å². The Morgan fingerprint density at radius 2 is 2.00 bits per heavy atom. The van der Waals surface area contributed by atoms with Crippen LogP contribution in [0.4, 0.5) is 0 Å². The molecule has 1 aromatic rings. The van der Waals surface area contributed by atoms with Crippen LogP contribution in [0.3, 0.4) is 0 Å². The minimum absolute atomic E-state index is 0.0513. The summed E-state index contributed by atoms with van der Waals surface area (Å²) in [7, 11) is -3.47. The number of hydrogen-bond donors (Lipinski definition) is 0. The first-order valence-corrected chi connectivity index (χ1v) is 7.70. The van der Waals surface area contributed by atoms with Crippen LogP contribution in [0.2, 0.25) is 5.28 Å². The molecule has 7 heteroatoms. The van der Waals surface area contributed by atoms with Crippen molar-refractivity contribution in [3.63, 3.8) is 0 Å². The monoisotopic (exact) mass is 289 g/mol. The van der Waals surface area contributed by atoms with Crippen molar-refractivity contribution >= 4 is 21.6 Å². The van der Waals surface area contributed by atoms with Crippen LogP contribution in [0.15, 0.2) is 17.3 Å². The van der Waals surface area contributed by atoms with Gasteiger partial charge in [-0.25, -0.2) is 18.4 Å². The molecule has 18 heavy (non-hydrogen) atoms. The Hall–Kier alpha value is -0.720. The fourth-order valence-electron chi connectivity index (χ4n) is 2.10. The molecular weight excluding hydrogens is 274 g/mol. The van der Waals surface area contributed by atoms with E-state index in [4.69, 9.17) is 11.6 Å². The van der Waals surface area contributed by atoms with Gasteiger partial charge in [0, 0.05) is 13.1 Å². The van der Waals surface area contributed by atoms with Gasteiger partial charge in [0.1, 0.15) is 4.90 Å². The van der Waals surface area contributed by atoms with Crippen LogP contribution in [0.25, 0.3) is 0 Å². The molecule has 1 aliphatic rings. The SMILES string of the molecule is CC(C)C1CCN(S(=O)(=O)c2cnc(Cl)nc2)C1. The third kappa shape index (κ3) is 2.65. The Bertz CT molecular complexity index is 516. The molecule has 0 bridgehead atoms. The van der Waals surface area contributed by atoms with Crippen LogP contribution in [0, 0.1) is 11.8 Å². The van der Waals surface area contributed by atoms with E-state index < -0.39 is 10.0 Å². The number of rotatable bonds is 3. The number of hydrogen-bond acceptors (Lipinski definition) is 4. The Kier molecular flexibility index (Phi) is 3.89. The van der Waals surface area contributed by atoms with Crippen molar-refractivity contribution in [2.75, 3.05) is 13.1 Å². The molecule has 0 N–H and O–H groups in total. The van der Waals surface area contributed by atoms with Crippen molar-refractivity contribution in [1.82, 2.24) is 14.3 Å². The first-order valence-electron chi connectivity index (χ1n) is 5.89. The normalized spacial score (nSPS) is 21.7. The molecule has 0 amide bonds. The summed E-state index contributed by atoms with van der Waals surface area (Å²) in [5, 5.41) is 0.0513. The smallest absolute Gasteiger partial charge is 0.225 e. The molecule has 0 aromatic carbocycles. The van der Waals surface area contributed by atoms with Crippen LogP contribution < -0.4 is 0 Å². The quantitative estimate of drug-likeness (QED) is 0.796. The first-order chi connectivity index (χ1) is 8.41. The number of sulfonamides is 1. The predicted molar refractivity (Wildman–Crippen MR) is 68.7 cm³/mol. The van der Waals surface area contributed by atoms with Crippen molar-refractivity contribution in [3.8, 4) is 0 Å². The Labute approximate surface area is 112 Å². The Balaban J connectivity index is 2.20. The first kappa shape index (κ1) is 13.7. The lowest BCUT2D eigenvalue weighted by Gasteiger charge is -2.17. The summed E-state index contributed by atoms with van der Waals surface area (Å²) >= 11 is 5.56. The van der Waals surface area contributed by atoms with Crippen LogP contribution in [0.5, 0.6) is 0 Å². The predicted octanol–water partition coefficient (Wildman–Crippen LogP) is 1.80. The maximum Gasteiger partial charge on any atom is 0.246 e.